The second-order valence-corrected chi connectivity index (χ2v) is 5.32. The zero-order valence-corrected chi connectivity index (χ0v) is 12.4. The van der Waals surface area contributed by atoms with Crippen molar-refractivity contribution in [2.24, 2.45) is 11.7 Å². The van der Waals surface area contributed by atoms with E-state index in [1.54, 1.807) is 11.9 Å². The first kappa shape index (κ1) is 16.0. The third kappa shape index (κ3) is 4.20. The van der Waals surface area contributed by atoms with Crippen molar-refractivity contribution in [1.82, 2.24) is 9.80 Å². The Bertz CT molecular complexity index is 316. The van der Waals surface area contributed by atoms with Gasteiger partial charge in [0.05, 0.1) is 12.5 Å². The van der Waals surface area contributed by atoms with Crippen LogP contribution < -0.4 is 5.73 Å². The lowest BCUT2D eigenvalue weighted by Crippen LogP contribution is -2.47. The van der Waals surface area contributed by atoms with Gasteiger partial charge in [-0.1, -0.05) is 12.8 Å². The van der Waals surface area contributed by atoms with Crippen molar-refractivity contribution in [3.63, 3.8) is 0 Å². The Morgan fingerprint density at radius 3 is 2.26 bits per heavy atom. The normalized spacial score (nSPS) is 22.9. The van der Waals surface area contributed by atoms with Crippen LogP contribution in [0.5, 0.6) is 0 Å². The maximum atomic E-state index is 12.3. The van der Waals surface area contributed by atoms with Gasteiger partial charge in [0.15, 0.2) is 0 Å². The average Bonchev–Trinajstić information content (AvgIpc) is 2.39. The van der Waals surface area contributed by atoms with Crippen LogP contribution in [0.15, 0.2) is 0 Å². The predicted octanol–water partition coefficient (Wildman–Crippen LogP) is 0.831. The Labute approximate surface area is 116 Å². The number of amides is 2. The van der Waals surface area contributed by atoms with Crippen LogP contribution in [0.3, 0.4) is 0 Å². The van der Waals surface area contributed by atoms with Gasteiger partial charge in [-0.2, -0.15) is 0 Å². The highest BCUT2D eigenvalue weighted by molar-refractivity contribution is 5.86. The number of hydrogen-bond acceptors (Lipinski definition) is 3. The Morgan fingerprint density at radius 2 is 1.74 bits per heavy atom. The SMILES string of the molecule is CCN(CC)C(=O)CN(C)C(=O)C1CCCCC1N. The van der Waals surface area contributed by atoms with Gasteiger partial charge in [0, 0.05) is 26.2 Å². The second-order valence-electron chi connectivity index (χ2n) is 5.32. The molecular weight excluding hydrogens is 242 g/mol. The summed E-state index contributed by atoms with van der Waals surface area (Å²) >= 11 is 0. The standard InChI is InChI=1S/C14H27N3O2/c1-4-17(5-2)13(18)10-16(3)14(19)11-8-6-7-9-12(11)15/h11-12H,4-10,15H2,1-3H3. The predicted molar refractivity (Wildman–Crippen MR) is 75.5 cm³/mol. The largest absolute Gasteiger partial charge is 0.342 e. The third-order valence-corrected chi connectivity index (χ3v) is 4.00. The molecule has 0 bridgehead atoms. The summed E-state index contributed by atoms with van der Waals surface area (Å²) in [5.74, 6) is -0.0822. The smallest absolute Gasteiger partial charge is 0.242 e. The molecule has 0 radical (unpaired) electrons. The summed E-state index contributed by atoms with van der Waals surface area (Å²) in [5, 5.41) is 0. The van der Waals surface area contributed by atoms with Crippen LogP contribution in [0.1, 0.15) is 39.5 Å². The van der Waals surface area contributed by atoms with Crippen molar-refractivity contribution in [2.45, 2.75) is 45.6 Å². The summed E-state index contributed by atoms with van der Waals surface area (Å²) in [4.78, 5) is 27.6. The number of carbonyl (C=O) groups is 2. The molecule has 0 aliphatic heterocycles. The Balaban J connectivity index is 2.54. The van der Waals surface area contributed by atoms with E-state index in [1.165, 1.54) is 4.90 Å². The molecule has 2 atom stereocenters. The first-order chi connectivity index (χ1) is 9.01. The summed E-state index contributed by atoms with van der Waals surface area (Å²) in [5.41, 5.74) is 6.02. The highest BCUT2D eigenvalue weighted by Crippen LogP contribution is 2.24. The van der Waals surface area contributed by atoms with E-state index in [2.05, 4.69) is 0 Å². The van der Waals surface area contributed by atoms with E-state index < -0.39 is 0 Å². The van der Waals surface area contributed by atoms with E-state index in [0.717, 1.165) is 25.7 Å². The van der Waals surface area contributed by atoms with E-state index in [1.807, 2.05) is 13.8 Å². The minimum absolute atomic E-state index is 0.00484. The van der Waals surface area contributed by atoms with Crippen molar-refractivity contribution in [1.29, 1.82) is 0 Å². The summed E-state index contributed by atoms with van der Waals surface area (Å²) in [6.07, 6.45) is 3.92. The molecule has 0 aromatic heterocycles. The van der Waals surface area contributed by atoms with Gasteiger partial charge in [0.1, 0.15) is 0 Å². The zero-order valence-electron chi connectivity index (χ0n) is 12.4. The van der Waals surface area contributed by atoms with Crippen LogP contribution in [-0.2, 0) is 9.59 Å². The molecule has 1 aliphatic rings. The Hall–Kier alpha value is -1.10. The second kappa shape index (κ2) is 7.48. The van der Waals surface area contributed by atoms with E-state index in [-0.39, 0.29) is 30.3 Å². The molecule has 1 aliphatic carbocycles. The summed E-state index contributed by atoms with van der Waals surface area (Å²) in [6.45, 7) is 5.41. The highest BCUT2D eigenvalue weighted by Gasteiger charge is 2.31. The van der Waals surface area contributed by atoms with Crippen LogP contribution in [0.2, 0.25) is 0 Å². The molecule has 0 aromatic rings. The topological polar surface area (TPSA) is 66.6 Å². The van der Waals surface area contributed by atoms with Gasteiger partial charge in [-0.15, -0.1) is 0 Å². The van der Waals surface area contributed by atoms with Crippen molar-refractivity contribution in [2.75, 3.05) is 26.7 Å². The number of likely N-dealkylation sites (N-methyl/N-ethyl adjacent to an activating group) is 2. The molecule has 2 amide bonds. The average molecular weight is 269 g/mol. The number of nitrogens with two attached hydrogens (primary N) is 1. The van der Waals surface area contributed by atoms with Gasteiger partial charge in [-0.25, -0.2) is 0 Å². The number of carbonyl (C=O) groups excluding carboxylic acids is 2. The van der Waals surface area contributed by atoms with Crippen LogP contribution in [0, 0.1) is 5.92 Å². The maximum Gasteiger partial charge on any atom is 0.242 e. The number of rotatable bonds is 5. The van der Waals surface area contributed by atoms with Gasteiger partial charge < -0.3 is 15.5 Å². The quantitative estimate of drug-likeness (QED) is 0.804. The van der Waals surface area contributed by atoms with E-state index in [4.69, 9.17) is 5.73 Å². The molecule has 5 heteroatoms. The van der Waals surface area contributed by atoms with Crippen molar-refractivity contribution in [3.8, 4) is 0 Å². The van der Waals surface area contributed by atoms with Crippen molar-refractivity contribution < 1.29 is 9.59 Å². The lowest BCUT2D eigenvalue weighted by molar-refractivity contribution is -0.142. The Kier molecular flexibility index (Phi) is 6.28. The van der Waals surface area contributed by atoms with Gasteiger partial charge >= 0.3 is 0 Å². The third-order valence-electron chi connectivity index (χ3n) is 4.00. The molecule has 0 saturated heterocycles. The lowest BCUT2D eigenvalue weighted by Gasteiger charge is -2.31. The first-order valence-electron chi connectivity index (χ1n) is 7.29. The summed E-state index contributed by atoms with van der Waals surface area (Å²) in [7, 11) is 1.70. The Morgan fingerprint density at radius 1 is 1.16 bits per heavy atom. The van der Waals surface area contributed by atoms with Crippen LogP contribution in [0.25, 0.3) is 0 Å². The van der Waals surface area contributed by atoms with Gasteiger partial charge in [-0.3, -0.25) is 9.59 Å². The molecule has 2 unspecified atom stereocenters. The highest BCUT2D eigenvalue weighted by atomic mass is 16.2. The van der Waals surface area contributed by atoms with Crippen molar-refractivity contribution in [3.05, 3.63) is 0 Å². The molecule has 0 heterocycles. The fourth-order valence-electron chi connectivity index (χ4n) is 2.71. The molecular formula is C14H27N3O2. The van der Waals surface area contributed by atoms with Gasteiger partial charge in [-0.05, 0) is 26.7 Å². The molecule has 2 N–H and O–H groups in total. The minimum atomic E-state index is -0.108. The van der Waals surface area contributed by atoms with E-state index in [0.29, 0.717) is 13.1 Å². The van der Waals surface area contributed by atoms with E-state index >= 15 is 0 Å². The molecule has 5 nitrogen and oxygen atoms in total. The fraction of sp³-hybridized carbons (Fsp3) is 0.857. The maximum absolute atomic E-state index is 12.3. The summed E-state index contributed by atoms with van der Waals surface area (Å²) < 4.78 is 0. The molecule has 0 aromatic carbocycles. The fourth-order valence-corrected chi connectivity index (χ4v) is 2.71. The van der Waals surface area contributed by atoms with Gasteiger partial charge in [0.2, 0.25) is 11.8 Å². The first-order valence-corrected chi connectivity index (χ1v) is 7.29. The number of nitrogens with zero attached hydrogens (tertiary/aromatic N) is 2. The van der Waals surface area contributed by atoms with Gasteiger partial charge in [0.25, 0.3) is 0 Å². The molecule has 19 heavy (non-hydrogen) atoms. The van der Waals surface area contributed by atoms with Crippen molar-refractivity contribution >= 4 is 11.8 Å². The minimum Gasteiger partial charge on any atom is -0.342 e. The molecule has 1 saturated carbocycles. The monoisotopic (exact) mass is 269 g/mol. The lowest BCUT2D eigenvalue weighted by atomic mass is 9.84. The van der Waals surface area contributed by atoms with E-state index in [9.17, 15) is 9.59 Å². The summed E-state index contributed by atoms with van der Waals surface area (Å²) in [6, 6.07) is -0.0488. The molecule has 110 valence electrons. The van der Waals surface area contributed by atoms with Crippen LogP contribution >= 0.6 is 0 Å². The van der Waals surface area contributed by atoms with Crippen LogP contribution in [-0.4, -0.2) is 54.3 Å². The zero-order chi connectivity index (χ0) is 14.4. The number of hydrogen-bond donors (Lipinski definition) is 1. The molecule has 1 fully saturated rings. The van der Waals surface area contributed by atoms with Crippen LogP contribution in [0.4, 0.5) is 0 Å². The molecule has 0 spiro atoms. The molecule has 1 rings (SSSR count).